The maximum absolute atomic E-state index is 12.3. The number of halogens is 2. The van der Waals surface area contributed by atoms with Gasteiger partial charge in [0.15, 0.2) is 0 Å². The number of amides is 1. The third-order valence-corrected chi connectivity index (χ3v) is 5.77. The summed E-state index contributed by atoms with van der Waals surface area (Å²) in [6.07, 6.45) is 1.87. The number of hydrogen-bond acceptors (Lipinski definition) is 3. The summed E-state index contributed by atoms with van der Waals surface area (Å²) in [7, 11) is 0. The molecule has 4 aromatic carbocycles. The van der Waals surface area contributed by atoms with E-state index in [0.29, 0.717) is 11.6 Å². The monoisotopic (exact) mass is 506 g/mol. The van der Waals surface area contributed by atoms with Gasteiger partial charge in [-0.3, -0.25) is 4.79 Å². The lowest BCUT2D eigenvalue weighted by molar-refractivity contribution is -0.120. The van der Waals surface area contributed by atoms with Crippen LogP contribution in [0.2, 0.25) is 5.02 Å². The van der Waals surface area contributed by atoms with Gasteiger partial charge in [-0.2, -0.15) is 5.10 Å². The van der Waals surface area contributed by atoms with E-state index in [0.717, 1.165) is 37.7 Å². The van der Waals surface area contributed by atoms with Crippen LogP contribution in [-0.4, -0.2) is 12.1 Å². The van der Waals surface area contributed by atoms with E-state index in [-0.39, 0.29) is 12.3 Å². The highest BCUT2D eigenvalue weighted by Gasteiger charge is 2.06. The summed E-state index contributed by atoms with van der Waals surface area (Å²) in [5.41, 5.74) is 5.44. The number of fused-ring (bicyclic) bond motifs is 1. The van der Waals surface area contributed by atoms with Gasteiger partial charge in [-0.1, -0.05) is 66.2 Å². The van der Waals surface area contributed by atoms with Gasteiger partial charge >= 0.3 is 0 Å². The molecule has 4 nitrogen and oxygen atoms in total. The Morgan fingerprint density at radius 3 is 2.59 bits per heavy atom. The second-order valence-electron chi connectivity index (χ2n) is 7.21. The van der Waals surface area contributed by atoms with Crippen molar-refractivity contribution in [1.82, 2.24) is 5.43 Å². The molecule has 0 fully saturated rings. The van der Waals surface area contributed by atoms with Crippen molar-refractivity contribution in [2.75, 3.05) is 0 Å². The summed E-state index contributed by atoms with van der Waals surface area (Å²) in [5, 5.41) is 6.98. The minimum absolute atomic E-state index is 0.167. The molecule has 0 aromatic heterocycles. The fourth-order valence-corrected chi connectivity index (χ4v) is 3.93. The van der Waals surface area contributed by atoms with Gasteiger partial charge in [0.2, 0.25) is 5.91 Å². The predicted octanol–water partition coefficient (Wildman–Crippen LogP) is 6.53. The Hall–Kier alpha value is -3.15. The van der Waals surface area contributed by atoms with Gasteiger partial charge in [-0.15, -0.1) is 0 Å². The van der Waals surface area contributed by atoms with Gasteiger partial charge in [0.25, 0.3) is 0 Å². The first-order valence-corrected chi connectivity index (χ1v) is 11.2. The molecule has 0 radical (unpaired) electrons. The first-order chi connectivity index (χ1) is 15.6. The Morgan fingerprint density at radius 1 is 1.00 bits per heavy atom. The number of carbonyl (C=O) groups excluding carboxylic acids is 1. The quantitative estimate of drug-likeness (QED) is 0.228. The Kier molecular flexibility index (Phi) is 7.20. The Labute approximate surface area is 200 Å². The summed E-state index contributed by atoms with van der Waals surface area (Å²) in [6.45, 7) is 0.438. The minimum Gasteiger partial charge on any atom is -0.488 e. The number of hydrazone groups is 1. The highest BCUT2D eigenvalue weighted by atomic mass is 79.9. The molecule has 0 spiro atoms. The van der Waals surface area contributed by atoms with E-state index in [1.165, 1.54) is 0 Å². The van der Waals surface area contributed by atoms with E-state index in [4.69, 9.17) is 16.3 Å². The molecule has 0 aliphatic carbocycles. The number of nitrogens with zero attached hydrogens (tertiary/aromatic N) is 1. The summed E-state index contributed by atoms with van der Waals surface area (Å²) in [6, 6.07) is 27.1. The first kappa shape index (κ1) is 22.1. The number of hydrogen-bond donors (Lipinski definition) is 1. The molecule has 160 valence electrons. The van der Waals surface area contributed by atoms with E-state index in [1.54, 1.807) is 6.21 Å². The molecule has 4 aromatic rings. The molecule has 0 heterocycles. The van der Waals surface area contributed by atoms with Crippen molar-refractivity contribution in [3.63, 3.8) is 0 Å². The van der Waals surface area contributed by atoms with Gasteiger partial charge in [0.1, 0.15) is 12.4 Å². The van der Waals surface area contributed by atoms with Gasteiger partial charge in [-0.25, -0.2) is 5.43 Å². The second-order valence-corrected chi connectivity index (χ2v) is 8.50. The van der Waals surface area contributed by atoms with Crippen LogP contribution in [0, 0.1) is 0 Å². The molecule has 0 bridgehead atoms. The molecular weight excluding hydrogens is 488 g/mol. The van der Waals surface area contributed by atoms with Gasteiger partial charge in [0, 0.05) is 5.02 Å². The highest BCUT2D eigenvalue weighted by Crippen LogP contribution is 2.26. The lowest BCUT2D eigenvalue weighted by Crippen LogP contribution is -2.19. The number of rotatable bonds is 7. The van der Waals surface area contributed by atoms with Crippen LogP contribution in [0.5, 0.6) is 5.75 Å². The summed E-state index contributed by atoms with van der Waals surface area (Å²) >= 11 is 9.43. The second kappa shape index (κ2) is 10.4. The number of nitrogens with one attached hydrogen (secondary N) is 1. The summed E-state index contributed by atoms with van der Waals surface area (Å²) < 4.78 is 6.66. The van der Waals surface area contributed by atoms with Gasteiger partial charge in [-0.05, 0) is 73.7 Å². The minimum atomic E-state index is -0.167. The van der Waals surface area contributed by atoms with Gasteiger partial charge < -0.3 is 4.74 Å². The maximum atomic E-state index is 12.3. The summed E-state index contributed by atoms with van der Waals surface area (Å²) in [4.78, 5) is 12.3. The molecule has 0 aliphatic heterocycles. The van der Waals surface area contributed by atoms with Crippen molar-refractivity contribution in [3.8, 4) is 5.75 Å². The van der Waals surface area contributed by atoms with Crippen molar-refractivity contribution < 1.29 is 9.53 Å². The molecule has 32 heavy (non-hydrogen) atoms. The van der Waals surface area contributed by atoms with E-state index < -0.39 is 0 Å². The lowest BCUT2D eigenvalue weighted by Gasteiger charge is -2.09. The average molecular weight is 508 g/mol. The van der Waals surface area contributed by atoms with E-state index in [1.807, 2.05) is 84.9 Å². The Morgan fingerprint density at radius 2 is 1.78 bits per heavy atom. The van der Waals surface area contributed by atoms with Crippen LogP contribution in [0.4, 0.5) is 0 Å². The highest BCUT2D eigenvalue weighted by molar-refractivity contribution is 9.10. The van der Waals surface area contributed by atoms with Crippen LogP contribution in [0.3, 0.4) is 0 Å². The molecule has 4 rings (SSSR count). The molecule has 1 amide bonds. The van der Waals surface area contributed by atoms with Crippen molar-refractivity contribution in [3.05, 3.63) is 111 Å². The third kappa shape index (κ3) is 5.75. The molecule has 0 atom stereocenters. The smallest absolute Gasteiger partial charge is 0.244 e. The Balaban J connectivity index is 1.33. The molecule has 0 saturated carbocycles. The zero-order valence-corrected chi connectivity index (χ0v) is 19.4. The zero-order valence-electron chi connectivity index (χ0n) is 17.1. The van der Waals surface area contributed by atoms with Crippen molar-refractivity contribution in [1.29, 1.82) is 0 Å². The number of ether oxygens (including phenoxy) is 1. The van der Waals surface area contributed by atoms with E-state index >= 15 is 0 Å². The molecule has 0 unspecified atom stereocenters. The van der Waals surface area contributed by atoms with Crippen LogP contribution < -0.4 is 10.2 Å². The van der Waals surface area contributed by atoms with Crippen LogP contribution in [0.15, 0.2) is 94.5 Å². The van der Waals surface area contributed by atoms with E-state index in [9.17, 15) is 4.79 Å². The summed E-state index contributed by atoms with van der Waals surface area (Å²) in [5.74, 6) is 0.552. The van der Waals surface area contributed by atoms with Crippen molar-refractivity contribution in [2.24, 2.45) is 5.10 Å². The van der Waals surface area contributed by atoms with Crippen LogP contribution >= 0.6 is 27.5 Å². The number of benzene rings is 4. The van der Waals surface area contributed by atoms with E-state index in [2.05, 4.69) is 26.5 Å². The molecule has 6 heteroatoms. The molecule has 0 aliphatic rings. The standard InChI is InChI=1S/C26H20BrClN2O2/c27-24-14-19(10-13-25(24)32-17-18-8-11-22(28)12-9-18)16-29-30-26(31)15-21-6-3-5-20-4-1-2-7-23(20)21/h1-14,16H,15,17H2,(H,30,31)/b29-16-. The lowest BCUT2D eigenvalue weighted by atomic mass is 10.0. The Bertz CT molecular complexity index is 1270. The third-order valence-electron chi connectivity index (χ3n) is 4.90. The molecular formula is C26H20BrClN2O2. The average Bonchev–Trinajstić information content (AvgIpc) is 2.80. The van der Waals surface area contributed by atoms with Crippen molar-refractivity contribution in [2.45, 2.75) is 13.0 Å². The predicted molar refractivity (Wildman–Crippen MR) is 133 cm³/mol. The topological polar surface area (TPSA) is 50.7 Å². The maximum Gasteiger partial charge on any atom is 0.244 e. The van der Waals surface area contributed by atoms with Crippen LogP contribution in [0.25, 0.3) is 10.8 Å². The fraction of sp³-hybridized carbons (Fsp3) is 0.0769. The fourth-order valence-electron chi connectivity index (χ4n) is 3.29. The van der Waals surface area contributed by atoms with Gasteiger partial charge in [0.05, 0.1) is 17.1 Å². The molecule has 1 N–H and O–H groups in total. The SMILES string of the molecule is O=C(Cc1cccc2ccccc12)N/N=C\c1ccc(OCc2ccc(Cl)cc2)c(Br)c1. The normalized spacial score (nSPS) is 11.1. The van der Waals surface area contributed by atoms with Crippen molar-refractivity contribution >= 4 is 50.4 Å². The number of carbonyl (C=O) groups is 1. The van der Waals surface area contributed by atoms with Crippen LogP contribution in [0.1, 0.15) is 16.7 Å². The zero-order chi connectivity index (χ0) is 22.3. The molecule has 0 saturated heterocycles. The largest absolute Gasteiger partial charge is 0.488 e. The van der Waals surface area contributed by atoms with Crippen LogP contribution in [-0.2, 0) is 17.8 Å². The first-order valence-electron chi connectivity index (χ1n) is 10.0.